The van der Waals surface area contributed by atoms with Crippen molar-refractivity contribution < 1.29 is 19.4 Å². The predicted molar refractivity (Wildman–Crippen MR) is 70.9 cm³/mol. The van der Waals surface area contributed by atoms with Gasteiger partial charge in [-0.05, 0) is 12.1 Å². The van der Waals surface area contributed by atoms with E-state index in [2.05, 4.69) is 4.98 Å². The maximum absolute atomic E-state index is 11.9. The largest absolute Gasteiger partial charge is 0.497 e. The molecule has 4 N–H and O–H groups in total. The summed E-state index contributed by atoms with van der Waals surface area (Å²) in [4.78, 5) is 25.3. The van der Waals surface area contributed by atoms with Crippen molar-refractivity contribution in [2.75, 3.05) is 20.0 Å². The number of nitrogens with two attached hydrogens (primary N) is 1. The number of carbonyl (C=O) groups is 1. The van der Waals surface area contributed by atoms with Crippen LogP contribution in [0.3, 0.4) is 0 Å². The SMILES string of the molecule is COc1ccc(-n2c(C(=O)O)c(N)[nH]c2=O)c(OC)c1. The molecule has 0 amide bonds. The van der Waals surface area contributed by atoms with Gasteiger partial charge in [-0.15, -0.1) is 0 Å². The van der Waals surface area contributed by atoms with Gasteiger partial charge in [0.15, 0.2) is 5.69 Å². The topological polar surface area (TPSA) is 120 Å². The Hall–Kier alpha value is -2.90. The number of anilines is 1. The van der Waals surface area contributed by atoms with Crippen molar-refractivity contribution in [2.45, 2.75) is 0 Å². The maximum Gasteiger partial charge on any atom is 0.356 e. The van der Waals surface area contributed by atoms with Crippen molar-refractivity contribution in [1.82, 2.24) is 9.55 Å². The molecule has 0 aliphatic carbocycles. The summed E-state index contributed by atoms with van der Waals surface area (Å²) in [6.45, 7) is 0. The minimum absolute atomic E-state index is 0.222. The van der Waals surface area contributed by atoms with Gasteiger partial charge < -0.3 is 20.3 Å². The summed E-state index contributed by atoms with van der Waals surface area (Å²) in [5.74, 6) is -0.744. The summed E-state index contributed by atoms with van der Waals surface area (Å²) >= 11 is 0. The van der Waals surface area contributed by atoms with Crippen LogP contribution in [-0.4, -0.2) is 34.8 Å². The molecule has 0 aliphatic rings. The van der Waals surface area contributed by atoms with E-state index >= 15 is 0 Å². The highest BCUT2D eigenvalue weighted by Crippen LogP contribution is 2.28. The summed E-state index contributed by atoms with van der Waals surface area (Å²) in [5.41, 5.74) is 4.75. The zero-order valence-electron chi connectivity index (χ0n) is 10.8. The minimum atomic E-state index is -1.32. The molecule has 0 unspecified atom stereocenters. The molecule has 2 aromatic rings. The number of carboxylic acids is 1. The van der Waals surface area contributed by atoms with Crippen LogP contribution in [0.25, 0.3) is 5.69 Å². The number of ether oxygens (including phenoxy) is 2. The Morgan fingerprint density at radius 1 is 1.35 bits per heavy atom. The second-order valence-corrected chi connectivity index (χ2v) is 3.87. The molecule has 8 nitrogen and oxygen atoms in total. The van der Waals surface area contributed by atoms with E-state index in [4.69, 9.17) is 20.3 Å². The van der Waals surface area contributed by atoms with Crippen LogP contribution in [0.5, 0.6) is 11.5 Å². The molecule has 20 heavy (non-hydrogen) atoms. The van der Waals surface area contributed by atoms with Crippen LogP contribution < -0.4 is 20.9 Å². The molecular formula is C12H13N3O5. The lowest BCUT2D eigenvalue weighted by atomic mass is 10.2. The Labute approximate surface area is 113 Å². The highest BCUT2D eigenvalue weighted by molar-refractivity contribution is 5.91. The number of methoxy groups -OCH3 is 2. The van der Waals surface area contributed by atoms with Crippen LogP contribution in [0.2, 0.25) is 0 Å². The van der Waals surface area contributed by atoms with Gasteiger partial charge in [0, 0.05) is 6.07 Å². The lowest BCUT2D eigenvalue weighted by Gasteiger charge is -2.11. The maximum atomic E-state index is 11.9. The first kappa shape index (κ1) is 13.5. The molecule has 2 rings (SSSR count). The number of rotatable bonds is 4. The number of aromatic carboxylic acids is 1. The fourth-order valence-corrected chi connectivity index (χ4v) is 1.86. The molecule has 0 atom stereocenters. The summed E-state index contributed by atoms with van der Waals surface area (Å²) < 4.78 is 11.1. The van der Waals surface area contributed by atoms with Crippen LogP contribution in [0.1, 0.15) is 10.5 Å². The third-order valence-corrected chi connectivity index (χ3v) is 2.75. The van der Waals surface area contributed by atoms with Gasteiger partial charge in [0.1, 0.15) is 17.3 Å². The van der Waals surface area contributed by atoms with Crippen LogP contribution in [0.15, 0.2) is 23.0 Å². The van der Waals surface area contributed by atoms with E-state index in [1.54, 1.807) is 6.07 Å². The zero-order chi connectivity index (χ0) is 14.9. The molecule has 1 heterocycles. The van der Waals surface area contributed by atoms with Gasteiger partial charge in [-0.25, -0.2) is 14.2 Å². The van der Waals surface area contributed by atoms with E-state index < -0.39 is 11.7 Å². The number of hydrogen-bond donors (Lipinski definition) is 3. The fourth-order valence-electron chi connectivity index (χ4n) is 1.86. The molecule has 1 aromatic heterocycles. The first-order valence-corrected chi connectivity index (χ1v) is 5.55. The number of benzene rings is 1. The molecule has 0 radical (unpaired) electrons. The lowest BCUT2D eigenvalue weighted by Crippen LogP contribution is -2.19. The molecule has 0 saturated carbocycles. The van der Waals surface area contributed by atoms with Gasteiger partial charge in [-0.2, -0.15) is 0 Å². The molecular weight excluding hydrogens is 266 g/mol. The van der Waals surface area contributed by atoms with Crippen molar-refractivity contribution in [3.8, 4) is 17.2 Å². The van der Waals surface area contributed by atoms with E-state index in [9.17, 15) is 9.59 Å². The number of carboxylic acid groups (broad SMARTS) is 1. The van der Waals surface area contributed by atoms with Gasteiger partial charge in [-0.1, -0.05) is 0 Å². The first-order chi connectivity index (χ1) is 9.49. The molecule has 0 fully saturated rings. The molecule has 1 aromatic carbocycles. The van der Waals surface area contributed by atoms with Gasteiger partial charge in [0.05, 0.1) is 19.9 Å². The van der Waals surface area contributed by atoms with E-state index in [-0.39, 0.29) is 22.9 Å². The summed E-state index contributed by atoms with van der Waals surface area (Å²) in [5, 5.41) is 9.16. The smallest absolute Gasteiger partial charge is 0.356 e. The van der Waals surface area contributed by atoms with Crippen molar-refractivity contribution in [3.05, 3.63) is 34.4 Å². The number of aromatic amines is 1. The van der Waals surface area contributed by atoms with E-state index in [0.29, 0.717) is 5.75 Å². The third-order valence-electron chi connectivity index (χ3n) is 2.75. The van der Waals surface area contributed by atoms with Gasteiger partial charge in [-0.3, -0.25) is 4.98 Å². The number of nitrogens with one attached hydrogen (secondary N) is 1. The van der Waals surface area contributed by atoms with E-state index in [1.165, 1.54) is 26.4 Å². The van der Waals surface area contributed by atoms with E-state index in [1.807, 2.05) is 0 Å². The normalized spacial score (nSPS) is 10.3. The number of H-pyrrole nitrogens is 1. The lowest BCUT2D eigenvalue weighted by molar-refractivity contribution is 0.0689. The van der Waals surface area contributed by atoms with Crippen LogP contribution >= 0.6 is 0 Å². The Bertz CT molecular complexity index is 716. The number of imidazole rings is 1. The number of nitrogens with zero attached hydrogens (tertiary/aromatic N) is 1. The Balaban J connectivity index is 2.75. The minimum Gasteiger partial charge on any atom is -0.497 e. The molecule has 0 aliphatic heterocycles. The third kappa shape index (κ3) is 2.07. The Morgan fingerprint density at radius 2 is 2.05 bits per heavy atom. The molecule has 0 spiro atoms. The highest BCUT2D eigenvalue weighted by Gasteiger charge is 2.22. The van der Waals surface area contributed by atoms with Gasteiger partial charge in [0.2, 0.25) is 0 Å². The second-order valence-electron chi connectivity index (χ2n) is 3.87. The standard InChI is InChI=1S/C12H13N3O5/c1-19-6-3-4-7(8(5-6)20-2)15-9(11(16)17)10(13)14-12(15)18/h3-5H,13H2,1-2H3,(H,14,18)(H,16,17). The van der Waals surface area contributed by atoms with Crippen molar-refractivity contribution in [2.24, 2.45) is 0 Å². The van der Waals surface area contributed by atoms with Crippen molar-refractivity contribution in [1.29, 1.82) is 0 Å². The summed E-state index contributed by atoms with van der Waals surface area (Å²) in [7, 11) is 2.89. The average molecular weight is 279 g/mol. The first-order valence-electron chi connectivity index (χ1n) is 5.55. The van der Waals surface area contributed by atoms with E-state index in [0.717, 1.165) is 4.57 Å². The number of hydrogen-bond acceptors (Lipinski definition) is 5. The molecule has 8 heteroatoms. The molecule has 0 bridgehead atoms. The van der Waals surface area contributed by atoms with Crippen LogP contribution in [-0.2, 0) is 0 Å². The Morgan fingerprint density at radius 3 is 2.60 bits per heavy atom. The quantitative estimate of drug-likeness (QED) is 0.748. The highest BCUT2D eigenvalue weighted by atomic mass is 16.5. The monoisotopic (exact) mass is 279 g/mol. The van der Waals surface area contributed by atoms with Gasteiger partial charge in [0.25, 0.3) is 0 Å². The molecule has 106 valence electrons. The summed E-state index contributed by atoms with van der Waals surface area (Å²) in [6, 6.07) is 4.63. The van der Waals surface area contributed by atoms with Crippen molar-refractivity contribution >= 4 is 11.8 Å². The second kappa shape index (κ2) is 5.00. The van der Waals surface area contributed by atoms with Crippen molar-refractivity contribution in [3.63, 3.8) is 0 Å². The molecule has 0 saturated heterocycles. The van der Waals surface area contributed by atoms with Gasteiger partial charge >= 0.3 is 11.7 Å². The van der Waals surface area contributed by atoms with Crippen LogP contribution in [0, 0.1) is 0 Å². The summed E-state index contributed by atoms with van der Waals surface area (Å²) in [6.07, 6.45) is 0. The number of aromatic nitrogens is 2. The Kier molecular flexibility index (Phi) is 3.38. The number of nitrogen functional groups attached to an aromatic ring is 1. The predicted octanol–water partition coefficient (Wildman–Crippen LogP) is 0.463. The van der Waals surface area contributed by atoms with Crippen LogP contribution in [0.4, 0.5) is 5.82 Å². The fraction of sp³-hybridized carbons (Fsp3) is 0.167. The zero-order valence-corrected chi connectivity index (χ0v) is 10.8. The average Bonchev–Trinajstić information content (AvgIpc) is 2.72.